The van der Waals surface area contributed by atoms with Gasteiger partial charge < -0.3 is 5.73 Å². The summed E-state index contributed by atoms with van der Waals surface area (Å²) < 4.78 is 0. The van der Waals surface area contributed by atoms with Crippen LogP contribution in [-0.2, 0) is 5.75 Å². The molecule has 0 aliphatic carbocycles. The Morgan fingerprint density at radius 1 is 1.03 bits per heavy atom. The predicted octanol–water partition coefficient (Wildman–Crippen LogP) is 5.80. The van der Waals surface area contributed by atoms with Gasteiger partial charge in [-0.2, -0.15) is 10.5 Å². The normalized spacial score (nSPS) is 10.6. The van der Waals surface area contributed by atoms with Gasteiger partial charge in [0.05, 0.1) is 5.56 Å². The van der Waals surface area contributed by atoms with Crippen LogP contribution in [0.5, 0.6) is 0 Å². The second-order valence-corrected chi connectivity index (χ2v) is 8.17. The van der Waals surface area contributed by atoms with Crippen molar-refractivity contribution in [3.63, 3.8) is 0 Å². The molecule has 0 saturated carbocycles. The highest BCUT2D eigenvalue weighted by molar-refractivity contribution is 7.98. The standard InChI is InChI=1S/C24H22N4S/c1-15(2)18-7-9-19(10-8-18)22-20(12-25)23(27)28-24(21(22)13-26)29-14-17-6-4-5-16(3)11-17/h4-11,15H,14H2,1-3H3,(H2,27,28). The van der Waals surface area contributed by atoms with Crippen molar-refractivity contribution in [1.29, 1.82) is 10.5 Å². The highest BCUT2D eigenvalue weighted by Gasteiger charge is 2.20. The molecule has 0 atom stereocenters. The van der Waals surface area contributed by atoms with Crippen LogP contribution in [0.3, 0.4) is 0 Å². The van der Waals surface area contributed by atoms with Gasteiger partial charge in [-0.05, 0) is 29.5 Å². The van der Waals surface area contributed by atoms with Crippen LogP contribution in [0.1, 0.15) is 47.6 Å². The van der Waals surface area contributed by atoms with Crippen molar-refractivity contribution in [2.45, 2.75) is 37.5 Å². The fourth-order valence-corrected chi connectivity index (χ4v) is 4.12. The third-order valence-electron chi connectivity index (χ3n) is 4.74. The molecule has 1 heterocycles. The summed E-state index contributed by atoms with van der Waals surface area (Å²) in [6, 6.07) is 20.6. The van der Waals surface area contributed by atoms with Crippen LogP contribution in [0.2, 0.25) is 0 Å². The summed E-state index contributed by atoms with van der Waals surface area (Å²) in [5.74, 6) is 1.22. The zero-order chi connectivity index (χ0) is 21.0. The summed E-state index contributed by atoms with van der Waals surface area (Å²) in [6.45, 7) is 6.30. The first-order chi connectivity index (χ1) is 13.9. The predicted molar refractivity (Wildman–Crippen MR) is 118 cm³/mol. The number of benzene rings is 2. The van der Waals surface area contributed by atoms with Gasteiger partial charge >= 0.3 is 0 Å². The first-order valence-electron chi connectivity index (χ1n) is 9.37. The Morgan fingerprint density at radius 2 is 1.72 bits per heavy atom. The van der Waals surface area contributed by atoms with Gasteiger partial charge in [-0.1, -0.05) is 67.9 Å². The quantitative estimate of drug-likeness (QED) is 0.549. The molecule has 0 aliphatic rings. The number of nitrogens with zero attached hydrogens (tertiary/aromatic N) is 3. The van der Waals surface area contributed by atoms with Gasteiger partial charge in [0.1, 0.15) is 28.5 Å². The number of pyridine rings is 1. The van der Waals surface area contributed by atoms with Gasteiger partial charge in [-0.15, -0.1) is 11.8 Å². The zero-order valence-electron chi connectivity index (χ0n) is 16.7. The first kappa shape index (κ1) is 20.5. The molecule has 2 N–H and O–H groups in total. The van der Waals surface area contributed by atoms with Crippen molar-refractivity contribution < 1.29 is 0 Å². The fraction of sp³-hybridized carbons (Fsp3) is 0.208. The third-order valence-corrected chi connectivity index (χ3v) is 5.79. The minimum absolute atomic E-state index is 0.154. The number of hydrogen-bond donors (Lipinski definition) is 1. The number of nitriles is 2. The Hall–Kier alpha value is -3.28. The topological polar surface area (TPSA) is 86.5 Å². The molecule has 0 saturated heterocycles. The van der Waals surface area contributed by atoms with Crippen molar-refractivity contribution in [1.82, 2.24) is 4.98 Å². The third kappa shape index (κ3) is 4.42. The molecular weight excluding hydrogens is 376 g/mol. The first-order valence-corrected chi connectivity index (χ1v) is 10.4. The molecule has 2 aromatic carbocycles. The van der Waals surface area contributed by atoms with Crippen LogP contribution < -0.4 is 5.73 Å². The fourth-order valence-electron chi connectivity index (χ4n) is 3.18. The number of hydrogen-bond acceptors (Lipinski definition) is 5. The molecule has 29 heavy (non-hydrogen) atoms. The molecule has 3 aromatic rings. The Bertz CT molecular complexity index is 1120. The molecule has 0 aliphatic heterocycles. The van der Waals surface area contributed by atoms with Crippen molar-refractivity contribution in [3.05, 3.63) is 76.3 Å². The van der Waals surface area contributed by atoms with Crippen LogP contribution in [0.4, 0.5) is 5.82 Å². The number of nitrogen functional groups attached to an aromatic ring is 1. The van der Waals surface area contributed by atoms with Crippen LogP contribution in [0.15, 0.2) is 53.6 Å². The maximum absolute atomic E-state index is 9.90. The number of aryl methyl sites for hydroxylation is 1. The monoisotopic (exact) mass is 398 g/mol. The molecule has 144 valence electrons. The average molecular weight is 399 g/mol. The molecule has 0 radical (unpaired) electrons. The van der Waals surface area contributed by atoms with Crippen molar-refractivity contribution in [3.8, 4) is 23.3 Å². The van der Waals surface area contributed by atoms with E-state index in [1.807, 2.05) is 49.4 Å². The van der Waals surface area contributed by atoms with Crippen LogP contribution in [0, 0.1) is 29.6 Å². The highest BCUT2D eigenvalue weighted by Crippen LogP contribution is 2.37. The Balaban J connectivity index is 2.07. The maximum Gasteiger partial charge on any atom is 0.143 e. The van der Waals surface area contributed by atoms with E-state index in [0.29, 0.717) is 27.8 Å². The van der Waals surface area contributed by atoms with Crippen molar-refractivity contribution in [2.24, 2.45) is 0 Å². The Morgan fingerprint density at radius 3 is 2.31 bits per heavy atom. The molecule has 0 bridgehead atoms. The summed E-state index contributed by atoms with van der Waals surface area (Å²) in [7, 11) is 0. The van der Waals surface area contributed by atoms with E-state index in [1.54, 1.807) is 0 Å². The lowest BCUT2D eigenvalue weighted by molar-refractivity contribution is 0.867. The molecule has 1 aromatic heterocycles. The van der Waals surface area contributed by atoms with Gasteiger partial charge in [0, 0.05) is 11.3 Å². The van der Waals surface area contributed by atoms with E-state index in [2.05, 4.69) is 37.0 Å². The molecule has 0 unspecified atom stereocenters. The molecule has 4 nitrogen and oxygen atoms in total. The lowest BCUT2D eigenvalue weighted by atomic mass is 9.94. The summed E-state index contributed by atoms with van der Waals surface area (Å²) in [4.78, 5) is 4.38. The molecule has 0 spiro atoms. The van der Waals surface area contributed by atoms with E-state index < -0.39 is 0 Å². The van der Waals surface area contributed by atoms with E-state index in [4.69, 9.17) is 5.73 Å². The van der Waals surface area contributed by atoms with Crippen molar-refractivity contribution in [2.75, 3.05) is 5.73 Å². The molecule has 0 amide bonds. The number of nitrogens with two attached hydrogens (primary N) is 1. The summed E-state index contributed by atoms with van der Waals surface area (Å²) in [5, 5.41) is 20.1. The second-order valence-electron chi connectivity index (χ2n) is 7.21. The SMILES string of the molecule is Cc1cccc(CSc2nc(N)c(C#N)c(-c3ccc(C(C)C)cc3)c2C#N)c1. The lowest BCUT2D eigenvalue weighted by Gasteiger charge is -2.14. The highest BCUT2D eigenvalue weighted by atomic mass is 32.2. The zero-order valence-corrected chi connectivity index (χ0v) is 17.5. The number of anilines is 1. The van der Waals surface area contributed by atoms with E-state index in [1.165, 1.54) is 22.9 Å². The second kappa shape index (κ2) is 8.82. The number of aromatic nitrogens is 1. The maximum atomic E-state index is 9.90. The van der Waals surface area contributed by atoms with E-state index in [-0.39, 0.29) is 11.4 Å². The van der Waals surface area contributed by atoms with Crippen LogP contribution in [0.25, 0.3) is 11.1 Å². The molecular formula is C24H22N4S. The van der Waals surface area contributed by atoms with Gasteiger partial charge in [-0.3, -0.25) is 0 Å². The van der Waals surface area contributed by atoms with Crippen LogP contribution >= 0.6 is 11.8 Å². The van der Waals surface area contributed by atoms with Crippen molar-refractivity contribution >= 4 is 17.6 Å². The summed E-state index contributed by atoms with van der Waals surface area (Å²) >= 11 is 1.46. The van der Waals surface area contributed by atoms with Crippen LogP contribution in [-0.4, -0.2) is 4.98 Å². The molecule has 0 fully saturated rings. The molecule has 3 rings (SSSR count). The van der Waals surface area contributed by atoms with Gasteiger partial charge in [-0.25, -0.2) is 4.98 Å². The average Bonchev–Trinajstić information content (AvgIpc) is 2.71. The minimum atomic E-state index is 0.154. The number of rotatable bonds is 5. The lowest BCUT2D eigenvalue weighted by Crippen LogP contribution is -2.03. The molecule has 5 heteroatoms. The van der Waals surface area contributed by atoms with E-state index in [0.717, 1.165) is 11.1 Å². The minimum Gasteiger partial charge on any atom is -0.383 e. The van der Waals surface area contributed by atoms with E-state index >= 15 is 0 Å². The Labute approximate surface area is 176 Å². The smallest absolute Gasteiger partial charge is 0.143 e. The summed E-state index contributed by atoms with van der Waals surface area (Å²) in [6.07, 6.45) is 0. The van der Waals surface area contributed by atoms with Gasteiger partial charge in [0.2, 0.25) is 0 Å². The number of thioether (sulfide) groups is 1. The largest absolute Gasteiger partial charge is 0.383 e. The van der Waals surface area contributed by atoms with Gasteiger partial charge in [0.15, 0.2) is 0 Å². The Kier molecular flexibility index (Phi) is 6.22. The van der Waals surface area contributed by atoms with E-state index in [9.17, 15) is 10.5 Å². The van der Waals surface area contributed by atoms with Gasteiger partial charge in [0.25, 0.3) is 0 Å². The summed E-state index contributed by atoms with van der Waals surface area (Å²) in [5.41, 5.74) is 11.6.